The van der Waals surface area contributed by atoms with Crippen molar-refractivity contribution in [3.8, 4) is 5.75 Å². The molecule has 3 aliphatic rings. The second kappa shape index (κ2) is 9.16. The number of primary amides is 1. The highest BCUT2D eigenvalue weighted by Crippen LogP contribution is 2.53. The lowest BCUT2D eigenvalue weighted by atomic mass is 9.57. The molecule has 0 unspecified atom stereocenters. The standard InChI is InChI=1S/C27H32FN3O8/c1-26(2,3)25(38)30-9-11-8-14(32)16-12(18(11)28)6-10-7-13-19(31(4)5)21(34)17(24(29)37)23(36)27(13,39)22(35)15(10)20(16)33/h8,10,13,19,32-33,36,39H,6-7,9H2,1-5H3,(H2,29,37)(H,30,38)/t10-,13-,19-,27-/m0/s1. The molecule has 39 heavy (non-hydrogen) atoms. The number of phenolic OH excluding ortho intramolecular Hbond substituents is 1. The van der Waals surface area contributed by atoms with Crippen LogP contribution in [-0.2, 0) is 32.1 Å². The lowest BCUT2D eigenvalue weighted by Crippen LogP contribution is -2.65. The molecule has 4 atom stereocenters. The first-order valence-corrected chi connectivity index (χ1v) is 12.4. The number of Topliss-reactive ketones (excluding diaryl/α,β-unsaturated/α-hetero) is 2. The number of nitrogens with one attached hydrogen (secondary N) is 1. The van der Waals surface area contributed by atoms with E-state index >= 15 is 4.39 Å². The summed E-state index contributed by atoms with van der Waals surface area (Å²) in [5.41, 5.74) is 0.0226. The summed E-state index contributed by atoms with van der Waals surface area (Å²) in [5.74, 6) is -9.22. The fourth-order valence-corrected chi connectivity index (χ4v) is 5.92. The molecule has 11 nitrogen and oxygen atoms in total. The maximum Gasteiger partial charge on any atom is 0.255 e. The van der Waals surface area contributed by atoms with E-state index < -0.39 is 75.0 Å². The molecule has 2 amide bonds. The van der Waals surface area contributed by atoms with Crippen molar-refractivity contribution < 1.29 is 44.0 Å². The number of nitrogens with zero attached hydrogens (tertiary/aromatic N) is 1. The van der Waals surface area contributed by atoms with E-state index in [1.807, 2.05) is 0 Å². The molecule has 210 valence electrons. The maximum atomic E-state index is 15.7. The Kier molecular flexibility index (Phi) is 6.64. The van der Waals surface area contributed by atoms with Crippen LogP contribution in [0.25, 0.3) is 5.76 Å². The Morgan fingerprint density at radius 3 is 2.36 bits per heavy atom. The van der Waals surface area contributed by atoms with Crippen molar-refractivity contribution in [1.29, 1.82) is 0 Å². The first-order chi connectivity index (χ1) is 17.9. The third-order valence-electron chi connectivity index (χ3n) is 7.85. The molecular weight excluding hydrogens is 513 g/mol. The Morgan fingerprint density at radius 2 is 1.82 bits per heavy atom. The van der Waals surface area contributed by atoms with Crippen molar-refractivity contribution >= 4 is 29.1 Å². The topological polar surface area (TPSA) is 190 Å². The highest BCUT2D eigenvalue weighted by molar-refractivity contribution is 6.24. The van der Waals surface area contributed by atoms with Gasteiger partial charge in [-0.25, -0.2) is 4.39 Å². The zero-order valence-corrected chi connectivity index (χ0v) is 22.3. The number of fused-ring (bicyclic) bond motifs is 3. The van der Waals surface area contributed by atoms with E-state index in [2.05, 4.69) is 5.32 Å². The van der Waals surface area contributed by atoms with Crippen LogP contribution in [0.3, 0.4) is 0 Å². The average molecular weight is 546 g/mol. The molecule has 1 aromatic rings. The first-order valence-electron chi connectivity index (χ1n) is 12.4. The summed E-state index contributed by atoms with van der Waals surface area (Å²) in [4.78, 5) is 52.6. The van der Waals surface area contributed by atoms with Gasteiger partial charge < -0.3 is 31.5 Å². The zero-order valence-electron chi connectivity index (χ0n) is 22.3. The van der Waals surface area contributed by atoms with E-state index in [1.54, 1.807) is 20.8 Å². The number of aliphatic hydroxyl groups excluding tert-OH is 2. The van der Waals surface area contributed by atoms with Crippen LogP contribution in [0.1, 0.15) is 43.9 Å². The summed E-state index contributed by atoms with van der Waals surface area (Å²) in [6, 6.07) is -0.206. The molecule has 0 aliphatic heterocycles. The van der Waals surface area contributed by atoms with Gasteiger partial charge in [0.2, 0.25) is 11.7 Å². The van der Waals surface area contributed by atoms with Crippen molar-refractivity contribution in [3.05, 3.63) is 45.5 Å². The molecule has 7 N–H and O–H groups in total. The van der Waals surface area contributed by atoms with E-state index in [9.17, 15) is 39.6 Å². The van der Waals surface area contributed by atoms with Gasteiger partial charge in [-0.3, -0.25) is 24.1 Å². The number of halogens is 1. The molecular formula is C27H32FN3O8. The van der Waals surface area contributed by atoms with Crippen LogP contribution >= 0.6 is 0 Å². The fraction of sp³-hybridized carbons (Fsp3) is 0.481. The van der Waals surface area contributed by atoms with Gasteiger partial charge in [-0.1, -0.05) is 20.8 Å². The Morgan fingerprint density at radius 1 is 1.21 bits per heavy atom. The molecule has 1 aromatic carbocycles. The van der Waals surface area contributed by atoms with Crippen LogP contribution in [0.5, 0.6) is 5.75 Å². The van der Waals surface area contributed by atoms with Crippen LogP contribution in [-0.4, -0.2) is 74.4 Å². The van der Waals surface area contributed by atoms with E-state index in [0.717, 1.165) is 6.07 Å². The molecule has 12 heteroatoms. The van der Waals surface area contributed by atoms with Crippen molar-refractivity contribution in [1.82, 2.24) is 10.2 Å². The molecule has 0 bridgehead atoms. The summed E-state index contributed by atoms with van der Waals surface area (Å²) in [5, 5.41) is 46.9. The molecule has 1 fully saturated rings. The van der Waals surface area contributed by atoms with E-state index in [1.165, 1.54) is 19.0 Å². The van der Waals surface area contributed by atoms with Crippen molar-refractivity contribution in [3.63, 3.8) is 0 Å². The number of likely N-dealkylation sites (N-methyl/N-ethyl adjacent to an activating group) is 1. The van der Waals surface area contributed by atoms with Gasteiger partial charge in [-0.15, -0.1) is 0 Å². The lowest BCUT2D eigenvalue weighted by Gasteiger charge is -2.50. The van der Waals surface area contributed by atoms with Gasteiger partial charge in [-0.05, 0) is 38.9 Å². The Balaban J connectivity index is 1.85. The fourth-order valence-electron chi connectivity index (χ4n) is 5.92. The molecule has 1 saturated carbocycles. The van der Waals surface area contributed by atoms with Crippen LogP contribution in [0.4, 0.5) is 4.39 Å². The van der Waals surface area contributed by atoms with Gasteiger partial charge in [-0.2, -0.15) is 0 Å². The van der Waals surface area contributed by atoms with E-state index in [-0.39, 0.29) is 47.6 Å². The number of hydrogen-bond donors (Lipinski definition) is 6. The molecule has 0 saturated heterocycles. The SMILES string of the molecule is CN(C)[C@@H]1C(=O)C(C(N)=O)=C(O)[C@@]2(O)C(=O)C3=C(O)c4c(O)cc(CNC(=O)C(C)(C)C)c(F)c4C[C@H]3C[C@@H]12. The quantitative estimate of drug-likeness (QED) is 0.297. The summed E-state index contributed by atoms with van der Waals surface area (Å²) in [7, 11) is 2.98. The number of amides is 2. The minimum Gasteiger partial charge on any atom is -0.508 e. The van der Waals surface area contributed by atoms with Gasteiger partial charge in [0, 0.05) is 34.6 Å². The molecule has 0 radical (unpaired) electrons. The molecule has 0 spiro atoms. The number of carbonyl (C=O) groups is 4. The Hall–Kier alpha value is -3.77. The van der Waals surface area contributed by atoms with Gasteiger partial charge in [0.15, 0.2) is 11.4 Å². The van der Waals surface area contributed by atoms with Gasteiger partial charge in [0.05, 0.1) is 11.6 Å². The minimum atomic E-state index is -2.77. The van der Waals surface area contributed by atoms with Crippen molar-refractivity contribution in [2.24, 2.45) is 23.0 Å². The zero-order chi connectivity index (χ0) is 29.4. The first kappa shape index (κ1) is 28.2. The number of aliphatic hydroxyl groups is 3. The van der Waals surface area contributed by atoms with Crippen molar-refractivity contribution in [2.75, 3.05) is 14.1 Å². The van der Waals surface area contributed by atoms with Crippen LogP contribution < -0.4 is 11.1 Å². The number of rotatable bonds is 4. The number of hydrogen-bond acceptors (Lipinski definition) is 9. The van der Waals surface area contributed by atoms with Crippen molar-refractivity contribution in [2.45, 2.75) is 51.8 Å². The average Bonchev–Trinajstić information content (AvgIpc) is 2.81. The van der Waals surface area contributed by atoms with E-state index in [4.69, 9.17) is 5.73 Å². The molecule has 0 aromatic heterocycles. The second-order valence-corrected chi connectivity index (χ2v) is 11.6. The van der Waals surface area contributed by atoms with Gasteiger partial charge >= 0.3 is 0 Å². The van der Waals surface area contributed by atoms with Crippen LogP contribution in [0, 0.1) is 23.1 Å². The summed E-state index contributed by atoms with van der Waals surface area (Å²) in [6.45, 7) is 4.82. The predicted molar refractivity (Wildman–Crippen MR) is 136 cm³/mol. The molecule has 0 heterocycles. The maximum absolute atomic E-state index is 15.7. The lowest BCUT2D eigenvalue weighted by molar-refractivity contribution is -0.153. The number of carbonyl (C=O) groups excluding carboxylic acids is 4. The monoisotopic (exact) mass is 545 g/mol. The van der Waals surface area contributed by atoms with Gasteiger partial charge in [0.1, 0.15) is 28.7 Å². The third-order valence-corrected chi connectivity index (χ3v) is 7.85. The highest BCUT2D eigenvalue weighted by atomic mass is 19.1. The molecule has 4 rings (SSSR count). The summed E-state index contributed by atoms with van der Waals surface area (Å²) < 4.78 is 15.7. The second-order valence-electron chi connectivity index (χ2n) is 11.6. The summed E-state index contributed by atoms with van der Waals surface area (Å²) >= 11 is 0. The van der Waals surface area contributed by atoms with E-state index in [0.29, 0.717) is 0 Å². The number of aromatic hydroxyl groups is 1. The Labute approximate surface area is 223 Å². The van der Waals surface area contributed by atoms with Gasteiger partial charge in [0.25, 0.3) is 5.91 Å². The number of benzene rings is 1. The predicted octanol–water partition coefficient (Wildman–Crippen LogP) is 0.765. The minimum absolute atomic E-state index is 0.0376. The van der Waals surface area contributed by atoms with Crippen LogP contribution in [0.15, 0.2) is 23.0 Å². The summed E-state index contributed by atoms with van der Waals surface area (Å²) in [6.07, 6.45) is -0.341. The normalized spacial score (nSPS) is 26.8. The number of nitrogens with two attached hydrogens (primary N) is 1. The number of ketones is 2. The number of phenols is 1. The molecule has 3 aliphatic carbocycles. The van der Waals surface area contributed by atoms with Crippen LogP contribution in [0.2, 0.25) is 0 Å². The smallest absolute Gasteiger partial charge is 0.255 e. The highest BCUT2D eigenvalue weighted by Gasteiger charge is 2.64. The third kappa shape index (κ3) is 4.09. The Bertz CT molecular complexity index is 1390. The largest absolute Gasteiger partial charge is 0.508 e.